The largest absolute Gasteiger partial charge is 0.388 e. The molecule has 0 aliphatic carbocycles. The Balaban J connectivity index is 3.82. The zero-order chi connectivity index (χ0) is 6.57. The molecular weight excluding hydrogens is 102 g/mol. The molecular formula is C6H11NO. The second kappa shape index (κ2) is 3.42. The van der Waals surface area contributed by atoms with Crippen molar-refractivity contribution >= 4 is 5.87 Å². The molecule has 0 aromatic carbocycles. The molecule has 2 nitrogen and oxygen atoms in total. The van der Waals surface area contributed by atoms with Gasteiger partial charge in [-0.15, -0.1) is 0 Å². The monoisotopic (exact) mass is 113 g/mol. The lowest BCUT2D eigenvalue weighted by Crippen LogP contribution is -2.05. The van der Waals surface area contributed by atoms with Crippen LogP contribution in [-0.2, 0) is 0 Å². The van der Waals surface area contributed by atoms with Crippen molar-refractivity contribution in [1.29, 1.82) is 5.41 Å². The van der Waals surface area contributed by atoms with Crippen molar-refractivity contribution in [1.82, 2.24) is 0 Å². The summed E-state index contributed by atoms with van der Waals surface area (Å²) >= 11 is 0. The Kier molecular flexibility index (Phi) is 3.16. The maximum Gasteiger partial charge on any atom is 0.0833 e. The Hall–Kier alpha value is -0.590. The minimum atomic E-state index is -0.465. The normalized spacial score (nSPS) is 12.4. The first-order chi connectivity index (χ1) is 3.72. The van der Waals surface area contributed by atoms with Crippen LogP contribution in [0.1, 0.15) is 20.3 Å². The molecule has 1 atom stereocenters. The second-order valence-electron chi connectivity index (χ2n) is 1.73. The molecule has 0 amide bonds. The predicted molar refractivity (Wildman–Crippen MR) is 33.2 cm³/mol. The second-order valence-corrected chi connectivity index (χ2v) is 1.73. The molecule has 0 radical (unpaired) electrons. The lowest BCUT2D eigenvalue weighted by molar-refractivity contribution is 0.208. The Bertz CT molecular complexity index is 114. The summed E-state index contributed by atoms with van der Waals surface area (Å²) in [5.41, 5.74) is 0.604. The van der Waals surface area contributed by atoms with Crippen molar-refractivity contribution in [2.24, 2.45) is 0 Å². The van der Waals surface area contributed by atoms with Gasteiger partial charge < -0.3 is 5.11 Å². The fourth-order valence-electron chi connectivity index (χ4n) is 0.389. The molecule has 0 aliphatic rings. The van der Waals surface area contributed by atoms with Crippen molar-refractivity contribution in [3.8, 4) is 0 Å². The quantitative estimate of drug-likeness (QED) is 0.514. The summed E-state index contributed by atoms with van der Waals surface area (Å²) in [4.78, 5) is 0. The highest BCUT2D eigenvalue weighted by Crippen LogP contribution is 1.98. The van der Waals surface area contributed by atoms with Gasteiger partial charge in [-0.25, -0.2) is 0 Å². The van der Waals surface area contributed by atoms with Crippen molar-refractivity contribution in [2.45, 2.75) is 26.4 Å². The fraction of sp³-hybridized carbons (Fsp3) is 0.667. The van der Waals surface area contributed by atoms with Crippen molar-refractivity contribution in [2.75, 3.05) is 0 Å². The van der Waals surface area contributed by atoms with Gasteiger partial charge in [0, 0.05) is 5.57 Å². The van der Waals surface area contributed by atoms with E-state index in [0.29, 0.717) is 12.0 Å². The van der Waals surface area contributed by atoms with Gasteiger partial charge in [0.25, 0.3) is 0 Å². The molecule has 0 bridgehead atoms. The molecule has 0 saturated heterocycles. The van der Waals surface area contributed by atoms with E-state index < -0.39 is 6.10 Å². The molecule has 8 heavy (non-hydrogen) atoms. The van der Waals surface area contributed by atoms with Gasteiger partial charge in [0.15, 0.2) is 0 Å². The molecule has 0 heterocycles. The van der Waals surface area contributed by atoms with Gasteiger partial charge in [-0.2, -0.15) is 0 Å². The summed E-state index contributed by atoms with van der Waals surface area (Å²) in [5, 5.41) is 15.5. The van der Waals surface area contributed by atoms with E-state index in [1.165, 1.54) is 0 Å². The minimum absolute atomic E-state index is 0.465. The summed E-state index contributed by atoms with van der Waals surface area (Å²) in [7, 11) is 0. The highest BCUT2D eigenvalue weighted by Gasteiger charge is 1.99. The molecule has 0 rings (SSSR count). The first-order valence-electron chi connectivity index (χ1n) is 2.66. The summed E-state index contributed by atoms with van der Waals surface area (Å²) in [5.74, 6) is 2.13. The van der Waals surface area contributed by atoms with E-state index in [0.717, 1.165) is 0 Å². The van der Waals surface area contributed by atoms with Crippen LogP contribution in [0.5, 0.6) is 0 Å². The smallest absolute Gasteiger partial charge is 0.0833 e. The van der Waals surface area contributed by atoms with E-state index in [2.05, 4.69) is 5.87 Å². The van der Waals surface area contributed by atoms with Crippen LogP contribution in [0.4, 0.5) is 0 Å². The van der Waals surface area contributed by atoms with E-state index in [1.54, 1.807) is 6.92 Å². The molecule has 1 unspecified atom stereocenters. The molecule has 0 aromatic heterocycles. The Morgan fingerprint density at radius 2 is 2.38 bits per heavy atom. The number of hydrogen-bond donors (Lipinski definition) is 2. The number of rotatable bonds is 2. The SMILES string of the molecule is CCC(O)C(C)=C=N. The van der Waals surface area contributed by atoms with E-state index >= 15 is 0 Å². The van der Waals surface area contributed by atoms with Crippen LogP contribution in [0.25, 0.3) is 0 Å². The zero-order valence-corrected chi connectivity index (χ0v) is 5.23. The van der Waals surface area contributed by atoms with Crippen LogP contribution in [-0.4, -0.2) is 17.1 Å². The standard InChI is InChI=1S/C6H11NO/c1-3-6(8)5(2)4-7/h6-8H,3H2,1-2H3. The molecule has 46 valence electrons. The highest BCUT2D eigenvalue weighted by molar-refractivity contribution is 5.54. The first kappa shape index (κ1) is 7.41. The van der Waals surface area contributed by atoms with E-state index in [-0.39, 0.29) is 0 Å². The minimum Gasteiger partial charge on any atom is -0.388 e. The average Bonchev–Trinajstić information content (AvgIpc) is 1.84. The van der Waals surface area contributed by atoms with Crippen LogP contribution < -0.4 is 0 Å². The van der Waals surface area contributed by atoms with E-state index in [9.17, 15) is 0 Å². The van der Waals surface area contributed by atoms with Gasteiger partial charge >= 0.3 is 0 Å². The molecule has 2 heteroatoms. The van der Waals surface area contributed by atoms with Crippen LogP contribution >= 0.6 is 0 Å². The van der Waals surface area contributed by atoms with Gasteiger partial charge in [0.2, 0.25) is 0 Å². The molecule has 0 spiro atoms. The van der Waals surface area contributed by atoms with Crippen molar-refractivity contribution in [3.63, 3.8) is 0 Å². The van der Waals surface area contributed by atoms with Crippen molar-refractivity contribution < 1.29 is 5.11 Å². The zero-order valence-electron chi connectivity index (χ0n) is 5.23. The topological polar surface area (TPSA) is 44.1 Å². The number of hydrogen-bond acceptors (Lipinski definition) is 2. The Morgan fingerprint density at radius 1 is 1.88 bits per heavy atom. The van der Waals surface area contributed by atoms with E-state index in [4.69, 9.17) is 10.5 Å². The third kappa shape index (κ3) is 1.92. The van der Waals surface area contributed by atoms with Gasteiger partial charge in [0.05, 0.1) is 6.10 Å². The Morgan fingerprint density at radius 3 is 2.50 bits per heavy atom. The third-order valence-corrected chi connectivity index (χ3v) is 1.08. The Labute approximate surface area is 49.4 Å². The first-order valence-corrected chi connectivity index (χ1v) is 2.66. The fourth-order valence-corrected chi connectivity index (χ4v) is 0.389. The van der Waals surface area contributed by atoms with Crippen molar-refractivity contribution in [3.05, 3.63) is 5.57 Å². The maximum absolute atomic E-state index is 8.91. The summed E-state index contributed by atoms with van der Waals surface area (Å²) in [6, 6.07) is 0. The van der Waals surface area contributed by atoms with Gasteiger partial charge in [-0.1, -0.05) is 6.92 Å². The third-order valence-electron chi connectivity index (χ3n) is 1.08. The maximum atomic E-state index is 8.91. The molecule has 2 N–H and O–H groups in total. The summed E-state index contributed by atoms with van der Waals surface area (Å²) in [6.07, 6.45) is 0.199. The highest BCUT2D eigenvalue weighted by atomic mass is 16.3. The predicted octanol–water partition coefficient (Wildman–Crippen LogP) is 0.952. The van der Waals surface area contributed by atoms with Gasteiger partial charge in [-0.05, 0) is 19.2 Å². The van der Waals surface area contributed by atoms with Gasteiger partial charge in [-0.3, -0.25) is 5.41 Å². The number of aliphatic hydroxyl groups is 1. The average molecular weight is 113 g/mol. The lowest BCUT2D eigenvalue weighted by atomic mass is 10.1. The molecule has 0 aliphatic heterocycles. The van der Waals surface area contributed by atoms with Crippen LogP contribution in [0.2, 0.25) is 0 Å². The molecule has 0 saturated carbocycles. The van der Waals surface area contributed by atoms with Gasteiger partial charge in [0.1, 0.15) is 0 Å². The molecule has 0 fully saturated rings. The van der Waals surface area contributed by atoms with Crippen LogP contribution in [0.3, 0.4) is 0 Å². The number of aliphatic hydroxyl groups excluding tert-OH is 1. The van der Waals surface area contributed by atoms with E-state index in [1.807, 2.05) is 6.92 Å². The molecule has 0 aromatic rings. The van der Waals surface area contributed by atoms with Crippen LogP contribution in [0, 0.1) is 5.41 Å². The number of nitrogens with one attached hydrogen (secondary N) is 1. The summed E-state index contributed by atoms with van der Waals surface area (Å²) < 4.78 is 0. The summed E-state index contributed by atoms with van der Waals surface area (Å²) in [6.45, 7) is 3.56. The van der Waals surface area contributed by atoms with Crippen LogP contribution in [0.15, 0.2) is 5.57 Å². The lowest BCUT2D eigenvalue weighted by Gasteiger charge is -2.02.